The summed E-state index contributed by atoms with van der Waals surface area (Å²) in [4.78, 5) is 12.6. The van der Waals surface area contributed by atoms with Crippen LogP contribution in [-0.2, 0) is 0 Å². The van der Waals surface area contributed by atoms with Crippen LogP contribution in [0.5, 0.6) is 0 Å². The van der Waals surface area contributed by atoms with Crippen LogP contribution in [0.1, 0.15) is 27.7 Å². The maximum atomic E-state index is 12.6. The lowest BCUT2D eigenvalue weighted by Crippen LogP contribution is -2.37. The van der Waals surface area contributed by atoms with E-state index in [1.165, 1.54) is 5.56 Å². The lowest BCUT2D eigenvalue weighted by atomic mass is 10.0. The van der Waals surface area contributed by atoms with E-state index in [9.17, 15) is 4.79 Å². The maximum absolute atomic E-state index is 12.6. The Hall–Kier alpha value is -2.59. The summed E-state index contributed by atoms with van der Waals surface area (Å²) in [6.07, 6.45) is -0.183. The van der Waals surface area contributed by atoms with Crippen molar-refractivity contribution in [3.63, 3.8) is 0 Å². The molecule has 114 valence electrons. The first kappa shape index (κ1) is 14.0. The molecule has 0 saturated carbocycles. The van der Waals surface area contributed by atoms with E-state index in [1.807, 2.05) is 47.8 Å². The van der Waals surface area contributed by atoms with Gasteiger partial charge >= 0.3 is 0 Å². The lowest BCUT2D eigenvalue weighted by Gasteiger charge is -2.26. The average molecular weight is 320 g/mol. The van der Waals surface area contributed by atoms with Crippen LogP contribution in [0, 0.1) is 6.92 Å². The van der Waals surface area contributed by atoms with Crippen LogP contribution in [0.15, 0.2) is 60.0 Å². The van der Waals surface area contributed by atoms with Gasteiger partial charge in [0, 0.05) is 10.9 Å². The van der Waals surface area contributed by atoms with Crippen LogP contribution in [0.25, 0.3) is 11.1 Å². The van der Waals surface area contributed by atoms with Crippen molar-refractivity contribution in [2.24, 2.45) is 0 Å². The van der Waals surface area contributed by atoms with Gasteiger partial charge in [0.05, 0.1) is 5.56 Å². The molecular formula is C19H16N2OS. The molecule has 2 N–H and O–H groups in total. The topological polar surface area (TPSA) is 41.1 Å². The number of nitrogens with one attached hydrogen (secondary N) is 2. The number of anilines is 1. The molecule has 1 aromatic heterocycles. The Bertz CT molecular complexity index is 853. The molecule has 3 nitrogen and oxygen atoms in total. The normalized spacial score (nSPS) is 16.4. The molecule has 0 fully saturated rings. The fourth-order valence-corrected chi connectivity index (χ4v) is 3.81. The zero-order chi connectivity index (χ0) is 15.8. The Labute approximate surface area is 139 Å². The lowest BCUT2D eigenvalue weighted by molar-refractivity contribution is 0.0937. The largest absolute Gasteiger partial charge is 0.353 e. The second-order valence-corrected chi connectivity index (χ2v) is 6.56. The zero-order valence-electron chi connectivity index (χ0n) is 12.7. The fourth-order valence-electron chi connectivity index (χ4n) is 2.82. The smallest absolute Gasteiger partial charge is 0.256 e. The minimum Gasteiger partial charge on any atom is -0.353 e. The highest BCUT2D eigenvalue weighted by molar-refractivity contribution is 7.15. The summed E-state index contributed by atoms with van der Waals surface area (Å²) < 4.78 is 0. The molecule has 2 aromatic carbocycles. The van der Waals surface area contributed by atoms with E-state index in [4.69, 9.17) is 0 Å². The molecule has 1 aliphatic heterocycles. The molecule has 4 rings (SSSR count). The number of carbonyl (C=O) groups excluding carboxylic acids is 1. The summed E-state index contributed by atoms with van der Waals surface area (Å²) in [5.41, 5.74) is 5.06. The number of thiophene rings is 1. The van der Waals surface area contributed by atoms with Crippen molar-refractivity contribution >= 4 is 22.2 Å². The van der Waals surface area contributed by atoms with Gasteiger partial charge < -0.3 is 10.6 Å². The SMILES string of the molecule is Cc1ccc([C@@H]2NC(=O)c3c(-c4ccccc4)csc3N2)cc1. The van der Waals surface area contributed by atoms with E-state index < -0.39 is 0 Å². The Morgan fingerprint density at radius 3 is 2.43 bits per heavy atom. The van der Waals surface area contributed by atoms with Crippen molar-refractivity contribution in [3.8, 4) is 11.1 Å². The van der Waals surface area contributed by atoms with Crippen LogP contribution >= 0.6 is 11.3 Å². The predicted octanol–water partition coefficient (Wildman–Crippen LogP) is 4.58. The minimum absolute atomic E-state index is 0.0237. The first-order valence-electron chi connectivity index (χ1n) is 7.53. The first-order valence-corrected chi connectivity index (χ1v) is 8.41. The van der Waals surface area contributed by atoms with E-state index in [0.29, 0.717) is 0 Å². The molecule has 0 aliphatic carbocycles. The van der Waals surface area contributed by atoms with Gasteiger partial charge in [-0.05, 0) is 18.1 Å². The van der Waals surface area contributed by atoms with Gasteiger partial charge in [0.25, 0.3) is 5.91 Å². The van der Waals surface area contributed by atoms with Crippen molar-refractivity contribution in [2.75, 3.05) is 5.32 Å². The molecule has 0 saturated heterocycles. The van der Waals surface area contributed by atoms with Crippen molar-refractivity contribution < 1.29 is 4.79 Å². The van der Waals surface area contributed by atoms with E-state index in [-0.39, 0.29) is 12.1 Å². The number of amides is 1. The van der Waals surface area contributed by atoms with Crippen molar-refractivity contribution in [1.82, 2.24) is 5.32 Å². The highest BCUT2D eigenvalue weighted by Gasteiger charge is 2.29. The molecule has 1 aliphatic rings. The van der Waals surface area contributed by atoms with Gasteiger partial charge in [0.1, 0.15) is 11.2 Å². The Morgan fingerprint density at radius 2 is 1.70 bits per heavy atom. The monoisotopic (exact) mass is 320 g/mol. The third-order valence-corrected chi connectivity index (χ3v) is 4.98. The molecule has 0 radical (unpaired) electrons. The third-order valence-electron chi connectivity index (χ3n) is 4.06. The Morgan fingerprint density at radius 1 is 0.957 bits per heavy atom. The van der Waals surface area contributed by atoms with Crippen LogP contribution in [0.4, 0.5) is 5.00 Å². The van der Waals surface area contributed by atoms with Crippen molar-refractivity contribution in [3.05, 3.63) is 76.7 Å². The summed E-state index contributed by atoms with van der Waals surface area (Å²) in [7, 11) is 0. The number of hydrogen-bond acceptors (Lipinski definition) is 3. The summed E-state index contributed by atoms with van der Waals surface area (Å²) in [5, 5.41) is 9.48. The molecule has 0 bridgehead atoms. The first-order chi connectivity index (χ1) is 11.2. The molecule has 4 heteroatoms. The van der Waals surface area contributed by atoms with Gasteiger partial charge in [-0.15, -0.1) is 11.3 Å². The standard InChI is InChI=1S/C19H16N2OS/c1-12-7-9-14(10-8-12)17-20-18(22)16-15(11-23-19(16)21-17)13-5-3-2-4-6-13/h2-11,17,21H,1H3,(H,20,22)/t17-/m1/s1. The Kier molecular flexibility index (Phi) is 3.39. The van der Waals surface area contributed by atoms with Crippen LogP contribution in [0.2, 0.25) is 0 Å². The zero-order valence-corrected chi connectivity index (χ0v) is 13.5. The van der Waals surface area contributed by atoms with Gasteiger partial charge in [-0.25, -0.2) is 0 Å². The van der Waals surface area contributed by atoms with Crippen molar-refractivity contribution in [2.45, 2.75) is 13.1 Å². The van der Waals surface area contributed by atoms with Crippen molar-refractivity contribution in [1.29, 1.82) is 0 Å². The molecular weight excluding hydrogens is 304 g/mol. The molecule has 1 amide bonds. The molecule has 0 spiro atoms. The minimum atomic E-state index is -0.183. The maximum Gasteiger partial charge on any atom is 0.256 e. The number of rotatable bonds is 2. The van der Waals surface area contributed by atoms with Crippen LogP contribution in [-0.4, -0.2) is 5.91 Å². The Balaban J connectivity index is 1.70. The van der Waals surface area contributed by atoms with E-state index in [1.54, 1.807) is 11.3 Å². The highest BCUT2D eigenvalue weighted by atomic mass is 32.1. The van der Waals surface area contributed by atoms with Gasteiger partial charge in [-0.2, -0.15) is 0 Å². The van der Waals surface area contributed by atoms with E-state index in [0.717, 1.165) is 27.3 Å². The second kappa shape index (κ2) is 5.56. The second-order valence-electron chi connectivity index (χ2n) is 5.68. The summed E-state index contributed by atoms with van der Waals surface area (Å²) in [6.45, 7) is 2.06. The van der Waals surface area contributed by atoms with Gasteiger partial charge in [0.15, 0.2) is 0 Å². The number of hydrogen-bond donors (Lipinski definition) is 2. The highest BCUT2D eigenvalue weighted by Crippen LogP contribution is 2.39. The van der Waals surface area contributed by atoms with Crippen LogP contribution < -0.4 is 10.6 Å². The predicted molar refractivity (Wildman–Crippen MR) is 94.8 cm³/mol. The molecule has 2 heterocycles. The average Bonchev–Trinajstić information content (AvgIpc) is 3.01. The van der Waals surface area contributed by atoms with E-state index >= 15 is 0 Å². The summed E-state index contributed by atoms with van der Waals surface area (Å²) in [6, 6.07) is 18.2. The number of fused-ring (bicyclic) bond motifs is 1. The third kappa shape index (κ3) is 2.51. The molecule has 3 aromatic rings. The van der Waals surface area contributed by atoms with Gasteiger partial charge in [0.2, 0.25) is 0 Å². The molecule has 23 heavy (non-hydrogen) atoms. The number of carbonyl (C=O) groups is 1. The fraction of sp³-hybridized carbons (Fsp3) is 0.105. The molecule has 1 atom stereocenters. The number of benzene rings is 2. The van der Waals surface area contributed by atoms with Gasteiger partial charge in [-0.3, -0.25) is 4.79 Å². The van der Waals surface area contributed by atoms with Gasteiger partial charge in [-0.1, -0.05) is 60.2 Å². The van der Waals surface area contributed by atoms with Crippen LogP contribution in [0.3, 0.4) is 0 Å². The molecule has 0 unspecified atom stereocenters. The summed E-state index contributed by atoms with van der Waals surface area (Å²) in [5.74, 6) is -0.0237. The number of aryl methyl sites for hydroxylation is 1. The summed E-state index contributed by atoms with van der Waals surface area (Å²) >= 11 is 1.58. The van der Waals surface area contributed by atoms with E-state index in [2.05, 4.69) is 29.7 Å². The quantitative estimate of drug-likeness (QED) is 0.726.